The monoisotopic (exact) mass is 247 g/mol. The maximum Gasteiger partial charge on any atom is 0.0573 e. The quantitative estimate of drug-likeness (QED) is 0.782. The van der Waals surface area contributed by atoms with Crippen LogP contribution >= 0.6 is 0 Å². The number of aromatic nitrogens is 1. The molecule has 1 atom stereocenters. The Hall–Kier alpha value is -0.930. The van der Waals surface area contributed by atoms with Gasteiger partial charge in [0.05, 0.1) is 5.69 Å². The van der Waals surface area contributed by atoms with Crippen LogP contribution < -0.4 is 5.32 Å². The third-order valence-corrected chi connectivity index (χ3v) is 3.78. The first kappa shape index (κ1) is 13.5. The molecule has 0 aliphatic carbocycles. The summed E-state index contributed by atoms with van der Waals surface area (Å²) >= 11 is 0. The predicted octanol–water partition coefficient (Wildman–Crippen LogP) is 2.35. The number of pyridine rings is 1. The summed E-state index contributed by atoms with van der Waals surface area (Å²) in [6.45, 7) is 8.85. The van der Waals surface area contributed by atoms with Crippen LogP contribution in [0.25, 0.3) is 0 Å². The molecule has 2 rings (SSSR count). The van der Waals surface area contributed by atoms with Crippen molar-refractivity contribution in [3.05, 3.63) is 29.6 Å². The SMILES string of the molecule is CCCNCC1CCCN1Cc1ncccc1C. The van der Waals surface area contributed by atoms with Crippen molar-refractivity contribution in [2.24, 2.45) is 0 Å². The van der Waals surface area contributed by atoms with Gasteiger partial charge in [-0.3, -0.25) is 9.88 Å². The second-order valence-electron chi connectivity index (χ2n) is 5.24. The van der Waals surface area contributed by atoms with E-state index in [2.05, 4.69) is 35.1 Å². The summed E-state index contributed by atoms with van der Waals surface area (Å²) in [6.07, 6.45) is 5.77. The van der Waals surface area contributed by atoms with Crippen LogP contribution in [0.5, 0.6) is 0 Å². The third-order valence-electron chi connectivity index (χ3n) is 3.78. The summed E-state index contributed by atoms with van der Waals surface area (Å²) in [7, 11) is 0. The van der Waals surface area contributed by atoms with E-state index < -0.39 is 0 Å². The molecular weight excluding hydrogens is 222 g/mol. The van der Waals surface area contributed by atoms with Gasteiger partial charge >= 0.3 is 0 Å². The van der Waals surface area contributed by atoms with Crippen molar-refractivity contribution in [1.29, 1.82) is 0 Å². The van der Waals surface area contributed by atoms with Crippen LogP contribution in [0.4, 0.5) is 0 Å². The normalized spacial score (nSPS) is 20.4. The number of nitrogens with one attached hydrogen (secondary N) is 1. The summed E-state index contributed by atoms with van der Waals surface area (Å²) < 4.78 is 0. The highest BCUT2D eigenvalue weighted by molar-refractivity contribution is 5.17. The fraction of sp³-hybridized carbons (Fsp3) is 0.667. The van der Waals surface area contributed by atoms with Gasteiger partial charge in [-0.2, -0.15) is 0 Å². The van der Waals surface area contributed by atoms with E-state index >= 15 is 0 Å². The Labute approximate surface area is 111 Å². The number of likely N-dealkylation sites (tertiary alicyclic amines) is 1. The van der Waals surface area contributed by atoms with Crippen LogP contribution in [0.2, 0.25) is 0 Å². The highest BCUT2D eigenvalue weighted by Crippen LogP contribution is 2.19. The van der Waals surface area contributed by atoms with Gasteiger partial charge in [0.25, 0.3) is 0 Å². The van der Waals surface area contributed by atoms with Gasteiger partial charge in [-0.15, -0.1) is 0 Å². The van der Waals surface area contributed by atoms with Gasteiger partial charge in [0.2, 0.25) is 0 Å². The van der Waals surface area contributed by atoms with Gasteiger partial charge in [0.1, 0.15) is 0 Å². The lowest BCUT2D eigenvalue weighted by molar-refractivity contribution is 0.236. The average Bonchev–Trinajstić information content (AvgIpc) is 2.80. The van der Waals surface area contributed by atoms with E-state index in [0.717, 1.165) is 19.6 Å². The molecule has 3 nitrogen and oxygen atoms in total. The molecule has 0 radical (unpaired) electrons. The van der Waals surface area contributed by atoms with E-state index in [-0.39, 0.29) is 0 Å². The second kappa shape index (κ2) is 6.86. The van der Waals surface area contributed by atoms with E-state index in [1.807, 2.05) is 12.3 Å². The maximum absolute atomic E-state index is 4.51. The van der Waals surface area contributed by atoms with Gasteiger partial charge in [-0.25, -0.2) is 0 Å². The van der Waals surface area contributed by atoms with Gasteiger partial charge < -0.3 is 5.32 Å². The molecule has 0 bridgehead atoms. The molecule has 2 heterocycles. The second-order valence-corrected chi connectivity index (χ2v) is 5.24. The highest BCUT2D eigenvalue weighted by Gasteiger charge is 2.24. The van der Waals surface area contributed by atoms with Gasteiger partial charge in [0.15, 0.2) is 0 Å². The number of rotatable bonds is 6. The topological polar surface area (TPSA) is 28.2 Å². The van der Waals surface area contributed by atoms with Crippen LogP contribution in [0.1, 0.15) is 37.4 Å². The van der Waals surface area contributed by atoms with Crippen LogP contribution in [0.15, 0.2) is 18.3 Å². The number of aryl methyl sites for hydroxylation is 1. The number of hydrogen-bond donors (Lipinski definition) is 1. The molecule has 1 aliphatic rings. The van der Waals surface area contributed by atoms with E-state index in [1.54, 1.807) is 0 Å². The molecule has 1 aliphatic heterocycles. The standard InChI is InChI=1S/C15H25N3/c1-3-8-16-11-14-7-5-10-18(14)12-15-13(2)6-4-9-17-15/h4,6,9,14,16H,3,5,7-8,10-12H2,1-2H3. The first-order chi connectivity index (χ1) is 8.81. The lowest BCUT2D eigenvalue weighted by Crippen LogP contribution is -2.38. The Morgan fingerprint density at radius 1 is 1.50 bits per heavy atom. The minimum atomic E-state index is 0.693. The van der Waals surface area contributed by atoms with Crippen LogP contribution in [0, 0.1) is 6.92 Å². The van der Waals surface area contributed by atoms with Gasteiger partial charge in [0, 0.05) is 25.3 Å². The molecule has 1 saturated heterocycles. The molecule has 1 N–H and O–H groups in total. The van der Waals surface area contributed by atoms with Crippen molar-refractivity contribution < 1.29 is 0 Å². The fourth-order valence-electron chi connectivity index (χ4n) is 2.66. The molecule has 1 unspecified atom stereocenters. The Morgan fingerprint density at radius 3 is 3.17 bits per heavy atom. The van der Waals surface area contributed by atoms with Crippen LogP contribution in [-0.2, 0) is 6.54 Å². The largest absolute Gasteiger partial charge is 0.315 e. The molecule has 0 amide bonds. The summed E-state index contributed by atoms with van der Waals surface area (Å²) in [5.74, 6) is 0. The lowest BCUT2D eigenvalue weighted by atomic mass is 10.2. The van der Waals surface area contributed by atoms with Crippen LogP contribution in [-0.4, -0.2) is 35.6 Å². The summed E-state index contributed by atoms with van der Waals surface area (Å²) in [5, 5.41) is 3.55. The highest BCUT2D eigenvalue weighted by atomic mass is 15.2. The fourth-order valence-corrected chi connectivity index (χ4v) is 2.66. The Bertz CT molecular complexity index is 365. The molecular formula is C15H25N3. The molecule has 1 aromatic rings. The van der Waals surface area contributed by atoms with E-state index in [0.29, 0.717) is 6.04 Å². The van der Waals surface area contributed by atoms with Crippen molar-refractivity contribution >= 4 is 0 Å². The van der Waals surface area contributed by atoms with Crippen molar-refractivity contribution in [3.8, 4) is 0 Å². The molecule has 1 fully saturated rings. The number of hydrogen-bond acceptors (Lipinski definition) is 3. The lowest BCUT2D eigenvalue weighted by Gasteiger charge is -2.25. The van der Waals surface area contributed by atoms with E-state index in [9.17, 15) is 0 Å². The average molecular weight is 247 g/mol. The third kappa shape index (κ3) is 3.53. The summed E-state index contributed by atoms with van der Waals surface area (Å²) in [5.41, 5.74) is 2.55. The zero-order valence-electron chi connectivity index (χ0n) is 11.7. The molecule has 3 heteroatoms. The number of nitrogens with zero attached hydrogens (tertiary/aromatic N) is 2. The smallest absolute Gasteiger partial charge is 0.0573 e. The van der Waals surface area contributed by atoms with Crippen molar-refractivity contribution in [3.63, 3.8) is 0 Å². The van der Waals surface area contributed by atoms with Gasteiger partial charge in [-0.05, 0) is 50.9 Å². The van der Waals surface area contributed by atoms with E-state index in [1.165, 1.54) is 37.1 Å². The summed E-state index contributed by atoms with van der Waals surface area (Å²) in [6, 6.07) is 4.87. The molecule has 0 aromatic carbocycles. The Balaban J connectivity index is 1.89. The van der Waals surface area contributed by atoms with Crippen molar-refractivity contribution in [1.82, 2.24) is 15.2 Å². The zero-order chi connectivity index (χ0) is 12.8. The Morgan fingerprint density at radius 2 is 2.39 bits per heavy atom. The zero-order valence-corrected chi connectivity index (χ0v) is 11.7. The predicted molar refractivity (Wildman–Crippen MR) is 75.6 cm³/mol. The van der Waals surface area contributed by atoms with Crippen molar-refractivity contribution in [2.75, 3.05) is 19.6 Å². The molecule has 0 saturated carbocycles. The summed E-state index contributed by atoms with van der Waals surface area (Å²) in [4.78, 5) is 7.09. The van der Waals surface area contributed by atoms with Crippen LogP contribution in [0.3, 0.4) is 0 Å². The molecule has 0 spiro atoms. The van der Waals surface area contributed by atoms with Crippen molar-refractivity contribution in [2.45, 2.75) is 45.7 Å². The molecule has 1 aromatic heterocycles. The first-order valence-corrected chi connectivity index (χ1v) is 7.16. The maximum atomic E-state index is 4.51. The minimum Gasteiger partial charge on any atom is -0.315 e. The molecule has 18 heavy (non-hydrogen) atoms. The van der Waals surface area contributed by atoms with Gasteiger partial charge in [-0.1, -0.05) is 13.0 Å². The minimum absolute atomic E-state index is 0.693. The Kier molecular flexibility index (Phi) is 5.14. The van der Waals surface area contributed by atoms with E-state index in [4.69, 9.17) is 0 Å². The first-order valence-electron chi connectivity index (χ1n) is 7.16. The molecule has 100 valence electrons.